The molecule has 0 spiro atoms. The van der Waals surface area contributed by atoms with Crippen LogP contribution in [0, 0.1) is 18.8 Å². The van der Waals surface area contributed by atoms with Crippen molar-refractivity contribution in [2.75, 3.05) is 43.1 Å². The summed E-state index contributed by atoms with van der Waals surface area (Å²) >= 11 is 0. The van der Waals surface area contributed by atoms with Crippen LogP contribution in [0.2, 0.25) is 0 Å². The highest BCUT2D eigenvalue weighted by Crippen LogP contribution is 2.32. The Morgan fingerprint density at radius 1 is 1.14 bits per heavy atom. The third-order valence-corrected chi connectivity index (χ3v) is 7.81. The van der Waals surface area contributed by atoms with E-state index in [4.69, 9.17) is 14.8 Å². The van der Waals surface area contributed by atoms with Gasteiger partial charge in [-0.2, -0.15) is 9.61 Å². The molecule has 3 aliphatic rings. The van der Waals surface area contributed by atoms with Crippen molar-refractivity contribution in [1.29, 1.82) is 0 Å². The topological polar surface area (TPSA) is 83.8 Å². The summed E-state index contributed by atoms with van der Waals surface area (Å²) in [5, 5.41) is 11.5. The zero-order valence-electron chi connectivity index (χ0n) is 21.3. The Balaban J connectivity index is 1.34. The first-order valence-electron chi connectivity index (χ1n) is 13.4. The lowest BCUT2D eigenvalue weighted by atomic mass is 10.0. The number of aromatic nitrogens is 3. The molecule has 3 aromatic rings. The summed E-state index contributed by atoms with van der Waals surface area (Å²) in [5.41, 5.74) is 4.56. The summed E-state index contributed by atoms with van der Waals surface area (Å²) in [5.74, 6) is 3.27. The Kier molecular flexibility index (Phi) is 6.29. The van der Waals surface area contributed by atoms with E-state index in [9.17, 15) is 4.79 Å². The van der Waals surface area contributed by atoms with Crippen LogP contribution < -0.4 is 15.5 Å². The normalized spacial score (nSPS) is 20.7. The molecule has 1 aromatic carbocycles. The number of hydrogen-bond donors (Lipinski definition) is 2. The van der Waals surface area contributed by atoms with E-state index in [2.05, 4.69) is 34.6 Å². The second kappa shape index (κ2) is 9.73. The summed E-state index contributed by atoms with van der Waals surface area (Å²) in [6.45, 7) is 8.94. The largest absolute Gasteiger partial charge is 0.381 e. The van der Waals surface area contributed by atoms with Gasteiger partial charge in [0.25, 0.3) is 5.91 Å². The molecule has 2 aromatic heterocycles. The van der Waals surface area contributed by atoms with Crippen LogP contribution in [-0.2, 0) is 4.74 Å². The third-order valence-electron chi connectivity index (χ3n) is 7.81. The number of benzene rings is 1. The molecule has 0 radical (unpaired) electrons. The first-order valence-corrected chi connectivity index (χ1v) is 13.4. The van der Waals surface area contributed by atoms with Gasteiger partial charge in [0.2, 0.25) is 0 Å². The van der Waals surface area contributed by atoms with Crippen LogP contribution in [0.4, 0.5) is 11.6 Å². The second-order valence-electron chi connectivity index (χ2n) is 10.8. The molecule has 1 amide bonds. The number of nitrogens with one attached hydrogen (secondary N) is 2. The van der Waals surface area contributed by atoms with Crippen LogP contribution in [0.15, 0.2) is 30.5 Å². The fourth-order valence-corrected chi connectivity index (χ4v) is 5.36. The van der Waals surface area contributed by atoms with Crippen molar-refractivity contribution < 1.29 is 9.53 Å². The van der Waals surface area contributed by atoms with Crippen LogP contribution in [0.5, 0.6) is 0 Å². The SMILES string of the molecule is Cc1cc(-c2cnn3c(NCC4CCOCC4)cc(N4CCC(C)C4)nc23)ccc1C(=O)NC1CC1. The van der Waals surface area contributed by atoms with Crippen molar-refractivity contribution in [1.82, 2.24) is 19.9 Å². The van der Waals surface area contributed by atoms with Crippen LogP contribution in [0.25, 0.3) is 16.8 Å². The average Bonchev–Trinajstić information content (AvgIpc) is 3.41. The molecular weight excluding hydrogens is 452 g/mol. The van der Waals surface area contributed by atoms with Crippen LogP contribution >= 0.6 is 0 Å². The van der Waals surface area contributed by atoms with Crippen molar-refractivity contribution in [3.63, 3.8) is 0 Å². The Labute approximate surface area is 212 Å². The van der Waals surface area contributed by atoms with E-state index < -0.39 is 0 Å². The van der Waals surface area contributed by atoms with Gasteiger partial charge in [-0.15, -0.1) is 0 Å². The Morgan fingerprint density at radius 2 is 1.97 bits per heavy atom. The van der Waals surface area contributed by atoms with Crippen LogP contribution in [0.1, 0.15) is 54.9 Å². The maximum atomic E-state index is 12.6. The number of anilines is 2. The quantitative estimate of drug-likeness (QED) is 0.517. The van der Waals surface area contributed by atoms with Gasteiger partial charge in [-0.3, -0.25) is 4.79 Å². The number of carbonyl (C=O) groups is 1. The molecule has 1 aliphatic carbocycles. The van der Waals surface area contributed by atoms with Gasteiger partial charge in [0, 0.05) is 56.1 Å². The predicted octanol–water partition coefficient (Wildman–Crippen LogP) is 4.28. The number of nitrogens with zero attached hydrogens (tertiary/aromatic N) is 4. The molecule has 2 aliphatic heterocycles. The van der Waals surface area contributed by atoms with Crippen molar-refractivity contribution in [2.45, 2.75) is 52.0 Å². The number of hydrogen-bond acceptors (Lipinski definition) is 6. The Morgan fingerprint density at radius 3 is 2.69 bits per heavy atom. The first-order chi connectivity index (χ1) is 17.5. The smallest absolute Gasteiger partial charge is 0.251 e. The zero-order valence-corrected chi connectivity index (χ0v) is 21.3. The van der Waals surface area contributed by atoms with Gasteiger partial charge in [-0.25, -0.2) is 4.98 Å². The summed E-state index contributed by atoms with van der Waals surface area (Å²) < 4.78 is 7.47. The minimum absolute atomic E-state index is 0.0181. The first kappa shape index (κ1) is 23.3. The highest BCUT2D eigenvalue weighted by Gasteiger charge is 2.25. The fraction of sp³-hybridized carbons (Fsp3) is 0.536. The molecule has 190 valence electrons. The molecule has 0 bridgehead atoms. The van der Waals surface area contributed by atoms with E-state index in [1.165, 1.54) is 6.42 Å². The lowest BCUT2D eigenvalue weighted by molar-refractivity contribution is 0.0699. The van der Waals surface area contributed by atoms with Crippen molar-refractivity contribution >= 4 is 23.2 Å². The molecule has 36 heavy (non-hydrogen) atoms. The molecule has 3 fully saturated rings. The third kappa shape index (κ3) is 4.78. The summed E-state index contributed by atoms with van der Waals surface area (Å²) in [7, 11) is 0. The molecule has 1 atom stereocenters. The molecule has 8 heteroatoms. The maximum absolute atomic E-state index is 12.6. The number of ether oxygens (including phenoxy) is 1. The van der Waals surface area contributed by atoms with Crippen molar-refractivity contribution in [3.8, 4) is 11.1 Å². The highest BCUT2D eigenvalue weighted by molar-refractivity contribution is 5.97. The molecule has 2 N–H and O–H groups in total. The van der Waals surface area contributed by atoms with Crippen LogP contribution in [0.3, 0.4) is 0 Å². The number of aryl methyl sites for hydroxylation is 1. The minimum atomic E-state index is 0.0181. The maximum Gasteiger partial charge on any atom is 0.251 e. The van der Waals surface area contributed by atoms with Gasteiger partial charge in [0.15, 0.2) is 5.65 Å². The van der Waals surface area contributed by atoms with Gasteiger partial charge >= 0.3 is 0 Å². The Bertz CT molecular complexity index is 1260. The predicted molar refractivity (Wildman–Crippen MR) is 142 cm³/mol. The summed E-state index contributed by atoms with van der Waals surface area (Å²) in [4.78, 5) is 20.1. The van der Waals surface area contributed by atoms with Crippen molar-refractivity contribution in [2.24, 2.45) is 11.8 Å². The van der Waals surface area contributed by atoms with Gasteiger partial charge < -0.3 is 20.3 Å². The van der Waals surface area contributed by atoms with E-state index in [0.29, 0.717) is 17.9 Å². The summed E-state index contributed by atoms with van der Waals surface area (Å²) in [6, 6.07) is 8.53. The molecule has 8 nitrogen and oxygen atoms in total. The second-order valence-corrected chi connectivity index (χ2v) is 10.8. The van der Waals surface area contributed by atoms with Gasteiger partial charge in [0.1, 0.15) is 11.6 Å². The van der Waals surface area contributed by atoms with E-state index >= 15 is 0 Å². The average molecular weight is 489 g/mol. The van der Waals surface area contributed by atoms with E-state index in [0.717, 1.165) is 98.1 Å². The number of carbonyl (C=O) groups excluding carboxylic acids is 1. The Hall–Kier alpha value is -3.13. The van der Waals surface area contributed by atoms with Gasteiger partial charge in [-0.1, -0.05) is 19.1 Å². The van der Waals surface area contributed by atoms with Crippen molar-refractivity contribution in [3.05, 3.63) is 41.6 Å². The molecule has 1 unspecified atom stereocenters. The molecular formula is C28H36N6O2. The highest BCUT2D eigenvalue weighted by atomic mass is 16.5. The molecule has 6 rings (SSSR count). The lowest BCUT2D eigenvalue weighted by Crippen LogP contribution is -2.26. The molecule has 2 saturated heterocycles. The van der Waals surface area contributed by atoms with E-state index in [1.807, 2.05) is 29.8 Å². The van der Waals surface area contributed by atoms with E-state index in [1.54, 1.807) is 0 Å². The lowest BCUT2D eigenvalue weighted by Gasteiger charge is -2.23. The minimum Gasteiger partial charge on any atom is -0.381 e. The monoisotopic (exact) mass is 488 g/mol. The van der Waals surface area contributed by atoms with Crippen LogP contribution in [-0.4, -0.2) is 59.4 Å². The zero-order chi connectivity index (χ0) is 24.6. The standard InChI is InChI=1S/C28H36N6O2/c1-18-7-10-33(17-18)26-14-25(29-15-20-8-11-36-12-9-20)34-27(32-26)24(16-30-34)21-3-6-23(19(2)13-21)28(35)31-22-4-5-22/h3,6,13-14,16,18,20,22,29H,4-5,7-12,15,17H2,1-2H3,(H,31,35). The van der Waals surface area contributed by atoms with Gasteiger partial charge in [0.05, 0.1) is 6.20 Å². The van der Waals surface area contributed by atoms with Gasteiger partial charge in [-0.05, 0) is 68.1 Å². The molecule has 1 saturated carbocycles. The summed E-state index contributed by atoms with van der Waals surface area (Å²) in [6.07, 6.45) is 7.43. The molecule has 4 heterocycles. The fourth-order valence-electron chi connectivity index (χ4n) is 5.36. The number of amides is 1. The number of rotatable bonds is 7. The van der Waals surface area contributed by atoms with E-state index in [-0.39, 0.29) is 5.91 Å². The number of fused-ring (bicyclic) bond motifs is 1.